The second-order valence-corrected chi connectivity index (χ2v) is 9.56. The Morgan fingerprint density at radius 2 is 2.03 bits per heavy atom. The van der Waals surface area contributed by atoms with E-state index in [0.717, 1.165) is 12.3 Å². The highest BCUT2D eigenvalue weighted by Crippen LogP contribution is 2.38. The summed E-state index contributed by atoms with van der Waals surface area (Å²) in [4.78, 5) is 21.9. The third-order valence-corrected chi connectivity index (χ3v) is 4.70. The number of alkyl halides is 3. The van der Waals surface area contributed by atoms with E-state index in [1.54, 1.807) is 34.6 Å². The number of ether oxygens (including phenoxy) is 3. The summed E-state index contributed by atoms with van der Waals surface area (Å²) in [6.07, 6.45) is -4.72. The summed E-state index contributed by atoms with van der Waals surface area (Å²) in [5.74, 6) is -0.302. The van der Waals surface area contributed by atoms with Crippen LogP contribution in [0.15, 0.2) is 18.3 Å². The molecule has 0 aromatic carbocycles. The van der Waals surface area contributed by atoms with Gasteiger partial charge in [-0.05, 0) is 40.7 Å². The van der Waals surface area contributed by atoms with Crippen LogP contribution in [0.4, 0.5) is 18.0 Å². The zero-order valence-electron chi connectivity index (χ0n) is 18.4. The molecule has 3 heterocycles. The number of amides is 1. The number of rotatable bonds is 3. The Bertz CT molecular complexity index is 1010. The van der Waals surface area contributed by atoms with Gasteiger partial charge in [0.2, 0.25) is 5.88 Å². The Balaban J connectivity index is 1.85. The third kappa shape index (κ3) is 5.92. The molecule has 0 aliphatic carbocycles. The quantitative estimate of drug-likeness (QED) is 0.575. The summed E-state index contributed by atoms with van der Waals surface area (Å²) in [5.41, 5.74) is -2.31. The SMILES string of the molecule is CC(C)(C)OC(=O)N1C[C@@H](COc2nc(Cl)cc3nccc(C(F)(F)F)c23)OC(C)(C)C1. The smallest absolute Gasteiger partial charge is 0.417 e. The van der Waals surface area contributed by atoms with Crippen LogP contribution in [-0.4, -0.2) is 58.0 Å². The van der Waals surface area contributed by atoms with Crippen molar-refractivity contribution >= 4 is 28.6 Å². The minimum absolute atomic E-state index is 0.00935. The van der Waals surface area contributed by atoms with Crippen molar-refractivity contribution in [3.8, 4) is 5.88 Å². The van der Waals surface area contributed by atoms with Gasteiger partial charge in [0.15, 0.2) is 0 Å². The fourth-order valence-electron chi connectivity index (χ4n) is 3.47. The Morgan fingerprint density at radius 1 is 1.34 bits per heavy atom. The second-order valence-electron chi connectivity index (χ2n) is 9.17. The van der Waals surface area contributed by atoms with E-state index in [1.165, 1.54) is 11.0 Å². The molecular formula is C21H25ClF3N3O4. The minimum Gasteiger partial charge on any atom is -0.474 e. The van der Waals surface area contributed by atoms with Gasteiger partial charge in [0.05, 0.1) is 35.2 Å². The predicted molar refractivity (Wildman–Crippen MR) is 112 cm³/mol. The number of halogens is 4. The van der Waals surface area contributed by atoms with Gasteiger partial charge in [0.1, 0.15) is 23.5 Å². The molecule has 32 heavy (non-hydrogen) atoms. The van der Waals surface area contributed by atoms with E-state index in [2.05, 4.69) is 9.97 Å². The number of aromatic nitrogens is 2. The number of hydrogen-bond acceptors (Lipinski definition) is 6. The average molecular weight is 476 g/mol. The molecule has 0 bridgehead atoms. The molecule has 7 nitrogen and oxygen atoms in total. The largest absolute Gasteiger partial charge is 0.474 e. The van der Waals surface area contributed by atoms with E-state index in [9.17, 15) is 18.0 Å². The maximum atomic E-state index is 13.5. The van der Waals surface area contributed by atoms with E-state index < -0.39 is 35.1 Å². The van der Waals surface area contributed by atoms with Gasteiger partial charge in [0.25, 0.3) is 0 Å². The first-order chi connectivity index (χ1) is 14.6. The van der Waals surface area contributed by atoms with Crippen molar-refractivity contribution in [2.75, 3.05) is 19.7 Å². The number of pyridine rings is 2. The van der Waals surface area contributed by atoms with Gasteiger partial charge in [-0.25, -0.2) is 9.78 Å². The molecule has 0 radical (unpaired) electrons. The van der Waals surface area contributed by atoms with Crippen molar-refractivity contribution in [2.45, 2.75) is 58.1 Å². The van der Waals surface area contributed by atoms with E-state index >= 15 is 0 Å². The normalized spacial score (nSPS) is 19.2. The molecule has 1 amide bonds. The molecule has 2 aromatic heterocycles. The first-order valence-electron chi connectivity index (χ1n) is 9.96. The molecule has 11 heteroatoms. The summed E-state index contributed by atoms with van der Waals surface area (Å²) < 4.78 is 57.7. The van der Waals surface area contributed by atoms with Crippen LogP contribution in [-0.2, 0) is 15.7 Å². The van der Waals surface area contributed by atoms with Crippen molar-refractivity contribution in [3.05, 3.63) is 29.0 Å². The Kier molecular flexibility index (Phi) is 6.50. The number of nitrogens with zero attached hydrogens (tertiary/aromatic N) is 3. The zero-order chi connectivity index (χ0) is 23.9. The summed E-state index contributed by atoms with van der Waals surface area (Å²) in [5, 5.41) is -0.344. The second kappa shape index (κ2) is 8.55. The molecule has 1 fully saturated rings. The Hall–Kier alpha value is -2.33. The molecule has 1 saturated heterocycles. The summed E-state index contributed by atoms with van der Waals surface area (Å²) in [6, 6.07) is 2.10. The molecule has 176 valence electrons. The lowest BCUT2D eigenvalue weighted by Crippen LogP contribution is -2.56. The first-order valence-corrected chi connectivity index (χ1v) is 10.3. The van der Waals surface area contributed by atoms with E-state index in [-0.39, 0.29) is 35.1 Å². The summed E-state index contributed by atoms with van der Waals surface area (Å²) >= 11 is 5.97. The molecule has 1 atom stereocenters. The van der Waals surface area contributed by atoms with E-state index in [4.69, 9.17) is 25.8 Å². The lowest BCUT2D eigenvalue weighted by Gasteiger charge is -2.42. The number of hydrogen-bond donors (Lipinski definition) is 0. The van der Waals surface area contributed by atoms with Gasteiger partial charge >= 0.3 is 12.3 Å². The average Bonchev–Trinajstić information content (AvgIpc) is 2.62. The molecule has 3 rings (SSSR count). The fraction of sp³-hybridized carbons (Fsp3) is 0.571. The van der Waals surface area contributed by atoms with Gasteiger partial charge in [-0.15, -0.1) is 0 Å². The predicted octanol–water partition coefficient (Wildman–Crippen LogP) is 5.10. The van der Waals surface area contributed by atoms with Crippen LogP contribution >= 0.6 is 11.6 Å². The van der Waals surface area contributed by atoms with Gasteiger partial charge in [-0.1, -0.05) is 11.6 Å². The van der Waals surface area contributed by atoms with Gasteiger partial charge in [-0.3, -0.25) is 4.98 Å². The number of carbonyl (C=O) groups excluding carboxylic acids is 1. The van der Waals surface area contributed by atoms with Crippen molar-refractivity contribution in [1.29, 1.82) is 0 Å². The van der Waals surface area contributed by atoms with Gasteiger partial charge in [0, 0.05) is 12.3 Å². The first kappa shape index (κ1) is 24.3. The van der Waals surface area contributed by atoms with Crippen LogP contribution < -0.4 is 4.74 Å². The van der Waals surface area contributed by atoms with E-state index in [1.807, 2.05) is 0 Å². The number of carbonyl (C=O) groups is 1. The van der Waals surface area contributed by atoms with Gasteiger partial charge in [-0.2, -0.15) is 13.2 Å². The minimum atomic E-state index is -4.63. The summed E-state index contributed by atoms with van der Waals surface area (Å²) in [6.45, 7) is 9.17. The lowest BCUT2D eigenvalue weighted by molar-refractivity contribution is -0.143. The maximum Gasteiger partial charge on any atom is 0.417 e. The maximum absolute atomic E-state index is 13.5. The number of morpholine rings is 1. The zero-order valence-corrected chi connectivity index (χ0v) is 19.2. The number of fused-ring (bicyclic) bond motifs is 1. The molecule has 0 unspecified atom stereocenters. The lowest BCUT2D eigenvalue weighted by atomic mass is 10.1. The van der Waals surface area contributed by atoms with Crippen molar-refractivity contribution < 1.29 is 32.2 Å². The third-order valence-electron chi connectivity index (χ3n) is 4.50. The Morgan fingerprint density at radius 3 is 2.66 bits per heavy atom. The Labute approximate surface area is 188 Å². The van der Waals surface area contributed by atoms with Crippen molar-refractivity contribution in [2.24, 2.45) is 0 Å². The molecule has 0 spiro atoms. The molecule has 2 aromatic rings. The van der Waals surface area contributed by atoms with Crippen LogP contribution in [0.5, 0.6) is 5.88 Å². The van der Waals surface area contributed by atoms with E-state index in [0.29, 0.717) is 6.54 Å². The molecule has 1 aliphatic rings. The highest BCUT2D eigenvalue weighted by atomic mass is 35.5. The molecule has 0 saturated carbocycles. The topological polar surface area (TPSA) is 73.8 Å². The summed E-state index contributed by atoms with van der Waals surface area (Å²) in [7, 11) is 0. The van der Waals surface area contributed by atoms with Crippen molar-refractivity contribution in [1.82, 2.24) is 14.9 Å². The standard InChI is InChI=1S/C21H25ClF3N3O4/c1-19(2,3)32-18(29)28-9-12(31-20(4,5)11-28)10-30-17-16-13(21(23,24)25)6-7-26-14(16)8-15(22)27-17/h6-8,12H,9-11H2,1-5H3/t12-/m0/s1. The van der Waals surface area contributed by atoms with Crippen LogP contribution in [0.3, 0.4) is 0 Å². The van der Waals surface area contributed by atoms with Crippen molar-refractivity contribution in [3.63, 3.8) is 0 Å². The van der Waals surface area contributed by atoms with Crippen LogP contribution in [0.2, 0.25) is 5.15 Å². The highest BCUT2D eigenvalue weighted by molar-refractivity contribution is 6.30. The highest BCUT2D eigenvalue weighted by Gasteiger charge is 2.38. The van der Waals surface area contributed by atoms with Gasteiger partial charge < -0.3 is 19.1 Å². The van der Waals surface area contributed by atoms with Crippen LogP contribution in [0.25, 0.3) is 10.9 Å². The molecule has 0 N–H and O–H groups in total. The molecule has 1 aliphatic heterocycles. The fourth-order valence-corrected chi connectivity index (χ4v) is 3.65. The van der Waals surface area contributed by atoms with Crippen LogP contribution in [0, 0.1) is 0 Å². The monoisotopic (exact) mass is 475 g/mol. The van der Waals surface area contributed by atoms with Crippen LogP contribution in [0.1, 0.15) is 40.2 Å². The molecular weight excluding hydrogens is 451 g/mol.